The van der Waals surface area contributed by atoms with E-state index in [1.165, 1.54) is 199 Å². The number of rotatable bonds is 52. The number of carbonyl (C=O) groups is 3. The SMILES string of the molecule is CCCCCCC/C=C\C/C=C\CCCCCCCCCCCCCCCCCCCCCCCC(=O)OCC(COC(=O)CCCCCCC)OC(=O)CCCCCCCCCC. The zero-order chi connectivity index (χ0) is 46.5. The van der Waals surface area contributed by atoms with Crippen LogP contribution in [0.4, 0.5) is 0 Å². The molecule has 0 saturated heterocycles. The first kappa shape index (κ1) is 61.9. The van der Waals surface area contributed by atoms with Gasteiger partial charge in [-0.05, 0) is 51.4 Å². The maximum absolute atomic E-state index is 12.6. The van der Waals surface area contributed by atoms with Gasteiger partial charge >= 0.3 is 17.9 Å². The molecule has 0 amide bonds. The topological polar surface area (TPSA) is 78.9 Å². The maximum Gasteiger partial charge on any atom is 0.306 e. The minimum atomic E-state index is -0.759. The largest absolute Gasteiger partial charge is 0.462 e. The summed E-state index contributed by atoms with van der Waals surface area (Å²) in [5.41, 5.74) is 0. The maximum atomic E-state index is 12.6. The van der Waals surface area contributed by atoms with Gasteiger partial charge in [0.05, 0.1) is 0 Å². The third-order valence-electron chi connectivity index (χ3n) is 12.7. The molecule has 0 aliphatic carbocycles. The molecule has 0 saturated carbocycles. The molecule has 64 heavy (non-hydrogen) atoms. The fourth-order valence-electron chi connectivity index (χ4n) is 8.42. The molecular formula is C58H108O6. The molecule has 0 aliphatic heterocycles. The van der Waals surface area contributed by atoms with Crippen LogP contribution < -0.4 is 0 Å². The fraction of sp³-hybridized carbons (Fsp3) is 0.879. The summed E-state index contributed by atoms with van der Waals surface area (Å²) in [7, 11) is 0. The minimum Gasteiger partial charge on any atom is -0.462 e. The quantitative estimate of drug-likeness (QED) is 0.0262. The molecule has 0 aromatic rings. The highest BCUT2D eigenvalue weighted by Gasteiger charge is 2.19. The van der Waals surface area contributed by atoms with E-state index in [4.69, 9.17) is 14.2 Å². The Hall–Kier alpha value is -2.11. The van der Waals surface area contributed by atoms with Crippen LogP contribution in [0.1, 0.15) is 310 Å². The Morgan fingerprint density at radius 1 is 0.312 bits per heavy atom. The molecule has 0 aromatic carbocycles. The first-order valence-electron chi connectivity index (χ1n) is 28.3. The van der Waals surface area contributed by atoms with Gasteiger partial charge in [0.1, 0.15) is 13.2 Å². The van der Waals surface area contributed by atoms with Crippen LogP contribution in [0.15, 0.2) is 24.3 Å². The van der Waals surface area contributed by atoms with Crippen molar-refractivity contribution in [1.29, 1.82) is 0 Å². The molecule has 6 nitrogen and oxygen atoms in total. The van der Waals surface area contributed by atoms with E-state index in [0.29, 0.717) is 19.3 Å². The monoisotopic (exact) mass is 901 g/mol. The van der Waals surface area contributed by atoms with Gasteiger partial charge in [0, 0.05) is 19.3 Å². The van der Waals surface area contributed by atoms with Crippen LogP contribution in [-0.2, 0) is 28.6 Å². The first-order valence-corrected chi connectivity index (χ1v) is 28.3. The molecule has 0 N–H and O–H groups in total. The van der Waals surface area contributed by atoms with Crippen molar-refractivity contribution in [2.45, 2.75) is 316 Å². The summed E-state index contributed by atoms with van der Waals surface area (Å²) < 4.78 is 16.6. The zero-order valence-corrected chi connectivity index (χ0v) is 43.1. The Labute approximate surface area is 398 Å². The van der Waals surface area contributed by atoms with Crippen molar-refractivity contribution in [3.8, 4) is 0 Å². The van der Waals surface area contributed by atoms with Gasteiger partial charge < -0.3 is 14.2 Å². The van der Waals surface area contributed by atoms with E-state index in [2.05, 4.69) is 45.1 Å². The number of allylic oxidation sites excluding steroid dienone is 4. The number of carbonyl (C=O) groups excluding carboxylic acids is 3. The number of esters is 3. The number of hydrogen-bond acceptors (Lipinski definition) is 6. The lowest BCUT2D eigenvalue weighted by Gasteiger charge is -2.18. The molecule has 0 bridgehead atoms. The highest BCUT2D eigenvalue weighted by Crippen LogP contribution is 2.17. The van der Waals surface area contributed by atoms with Gasteiger partial charge in [-0.3, -0.25) is 14.4 Å². The van der Waals surface area contributed by atoms with Gasteiger partial charge in [0.2, 0.25) is 0 Å². The lowest BCUT2D eigenvalue weighted by Crippen LogP contribution is -2.30. The van der Waals surface area contributed by atoms with Gasteiger partial charge in [-0.15, -0.1) is 0 Å². The second-order valence-electron chi connectivity index (χ2n) is 19.2. The van der Waals surface area contributed by atoms with Gasteiger partial charge in [0.15, 0.2) is 6.10 Å². The molecule has 6 heteroatoms. The molecule has 0 aromatic heterocycles. The average Bonchev–Trinajstić information content (AvgIpc) is 3.29. The van der Waals surface area contributed by atoms with E-state index in [1.807, 2.05) is 0 Å². The van der Waals surface area contributed by atoms with E-state index in [-0.39, 0.29) is 31.1 Å². The Morgan fingerprint density at radius 3 is 0.859 bits per heavy atom. The third-order valence-corrected chi connectivity index (χ3v) is 12.7. The number of ether oxygens (including phenoxy) is 3. The Balaban J connectivity index is 3.77. The van der Waals surface area contributed by atoms with E-state index in [9.17, 15) is 14.4 Å². The molecule has 0 rings (SSSR count). The number of hydrogen-bond donors (Lipinski definition) is 0. The van der Waals surface area contributed by atoms with Crippen LogP contribution in [0.5, 0.6) is 0 Å². The zero-order valence-electron chi connectivity index (χ0n) is 43.1. The molecule has 1 atom stereocenters. The van der Waals surface area contributed by atoms with Gasteiger partial charge in [-0.1, -0.05) is 263 Å². The summed E-state index contributed by atoms with van der Waals surface area (Å²) in [6, 6.07) is 0. The standard InChI is InChI=1S/C58H108O6/c1-4-7-10-13-15-17-18-19-20-21-22-23-24-25-26-27-28-29-30-31-32-33-34-35-36-37-38-39-40-41-43-45-48-51-57(60)63-54-55(53-62-56(59)50-47-44-12-9-6-3)64-58(61)52-49-46-42-16-14-11-8-5-2/h18-19,21-22,55H,4-17,20,23-54H2,1-3H3/b19-18-,22-21-. The first-order chi connectivity index (χ1) is 31.5. The molecule has 1 unspecified atom stereocenters. The summed E-state index contributed by atoms with van der Waals surface area (Å²) in [5.74, 6) is -0.873. The van der Waals surface area contributed by atoms with E-state index >= 15 is 0 Å². The molecule has 376 valence electrons. The van der Waals surface area contributed by atoms with Crippen LogP contribution in [0, 0.1) is 0 Å². The van der Waals surface area contributed by atoms with E-state index in [1.54, 1.807) is 0 Å². The van der Waals surface area contributed by atoms with Gasteiger partial charge in [-0.25, -0.2) is 0 Å². The van der Waals surface area contributed by atoms with E-state index < -0.39 is 6.10 Å². The second kappa shape index (κ2) is 53.5. The van der Waals surface area contributed by atoms with Crippen molar-refractivity contribution in [1.82, 2.24) is 0 Å². The molecule has 0 fully saturated rings. The summed E-state index contributed by atoms with van der Waals surface area (Å²) in [6.45, 7) is 6.54. The van der Waals surface area contributed by atoms with E-state index in [0.717, 1.165) is 70.6 Å². The Bertz CT molecular complexity index is 1040. The summed E-state index contributed by atoms with van der Waals surface area (Å²) in [4.78, 5) is 37.5. The molecule has 0 heterocycles. The van der Waals surface area contributed by atoms with Crippen molar-refractivity contribution in [3.63, 3.8) is 0 Å². The second-order valence-corrected chi connectivity index (χ2v) is 19.2. The summed E-state index contributed by atoms with van der Waals surface area (Å²) >= 11 is 0. The summed E-state index contributed by atoms with van der Waals surface area (Å²) in [5, 5.41) is 0. The van der Waals surface area contributed by atoms with Crippen molar-refractivity contribution >= 4 is 17.9 Å². The van der Waals surface area contributed by atoms with Crippen LogP contribution in [0.25, 0.3) is 0 Å². The average molecular weight is 901 g/mol. The van der Waals surface area contributed by atoms with Crippen molar-refractivity contribution < 1.29 is 28.6 Å². The summed E-state index contributed by atoms with van der Waals surface area (Å²) in [6.07, 6.45) is 62.6. The van der Waals surface area contributed by atoms with Crippen LogP contribution in [-0.4, -0.2) is 37.2 Å². The van der Waals surface area contributed by atoms with Crippen molar-refractivity contribution in [3.05, 3.63) is 24.3 Å². The fourth-order valence-corrected chi connectivity index (χ4v) is 8.42. The molecular weight excluding hydrogens is 793 g/mol. The normalized spacial score (nSPS) is 12.1. The smallest absolute Gasteiger partial charge is 0.306 e. The van der Waals surface area contributed by atoms with Gasteiger partial charge in [-0.2, -0.15) is 0 Å². The predicted octanol–water partition coefficient (Wildman–Crippen LogP) is 18.7. The lowest BCUT2D eigenvalue weighted by atomic mass is 10.0. The van der Waals surface area contributed by atoms with Gasteiger partial charge in [0.25, 0.3) is 0 Å². The lowest BCUT2D eigenvalue weighted by molar-refractivity contribution is -0.167. The van der Waals surface area contributed by atoms with Crippen molar-refractivity contribution in [2.75, 3.05) is 13.2 Å². The minimum absolute atomic E-state index is 0.0665. The highest BCUT2D eigenvalue weighted by molar-refractivity contribution is 5.71. The van der Waals surface area contributed by atoms with Crippen LogP contribution >= 0.6 is 0 Å². The highest BCUT2D eigenvalue weighted by atomic mass is 16.6. The van der Waals surface area contributed by atoms with Crippen LogP contribution in [0.3, 0.4) is 0 Å². The van der Waals surface area contributed by atoms with Crippen LogP contribution in [0.2, 0.25) is 0 Å². The third kappa shape index (κ3) is 50.9. The Kier molecular flexibility index (Phi) is 51.7. The molecule has 0 radical (unpaired) electrons. The Morgan fingerprint density at radius 2 is 0.562 bits per heavy atom. The number of unbranched alkanes of at least 4 members (excludes halogenated alkanes) is 37. The molecule has 0 aliphatic rings. The molecule has 0 spiro atoms. The van der Waals surface area contributed by atoms with Crippen molar-refractivity contribution in [2.24, 2.45) is 0 Å². The predicted molar refractivity (Wildman–Crippen MR) is 275 cm³/mol.